The molecule has 0 bridgehead atoms. The molecule has 1 aromatic carbocycles. The average molecular weight is 359 g/mol. The van der Waals surface area contributed by atoms with Crippen LogP contribution in [0.3, 0.4) is 0 Å². The van der Waals surface area contributed by atoms with E-state index < -0.39 is 0 Å². The van der Waals surface area contributed by atoms with Crippen LogP contribution >= 0.6 is 0 Å². The third-order valence-corrected chi connectivity index (χ3v) is 5.01. The van der Waals surface area contributed by atoms with E-state index in [-0.39, 0.29) is 0 Å². The van der Waals surface area contributed by atoms with Gasteiger partial charge in [0, 0.05) is 60.4 Å². The maximum absolute atomic E-state index is 4.61. The zero-order chi connectivity index (χ0) is 18.6. The highest BCUT2D eigenvalue weighted by atomic mass is 15.3. The van der Waals surface area contributed by atoms with Crippen LogP contribution in [0.15, 0.2) is 55.1 Å². The second-order valence-corrected chi connectivity index (χ2v) is 6.85. The van der Waals surface area contributed by atoms with Crippen molar-refractivity contribution in [3.05, 3.63) is 71.8 Å². The zero-order valence-corrected chi connectivity index (χ0v) is 15.9. The average Bonchev–Trinajstić information content (AvgIpc) is 3.29. The standard InChI is InChI=1S/C22H25N5/c1-3-16-5-4-6-20-18(14-25-22(16)20)9-12-24-13-19-15-27(2)26-21(19)17-7-10-23-11-8-17/h4-8,10-11,14-15,24-25H,3,9,12-13H2,1-2H3. The Morgan fingerprint density at radius 1 is 1.07 bits per heavy atom. The van der Waals surface area contributed by atoms with Gasteiger partial charge in [0.25, 0.3) is 0 Å². The minimum atomic E-state index is 0.800. The Morgan fingerprint density at radius 3 is 2.74 bits per heavy atom. The molecule has 0 aliphatic heterocycles. The van der Waals surface area contributed by atoms with Crippen LogP contribution in [-0.4, -0.2) is 26.3 Å². The Morgan fingerprint density at radius 2 is 1.93 bits per heavy atom. The van der Waals surface area contributed by atoms with Crippen LogP contribution in [0.4, 0.5) is 0 Å². The van der Waals surface area contributed by atoms with Gasteiger partial charge in [-0.15, -0.1) is 0 Å². The number of benzene rings is 1. The highest BCUT2D eigenvalue weighted by molar-refractivity contribution is 5.86. The summed E-state index contributed by atoms with van der Waals surface area (Å²) in [5.41, 5.74) is 7.36. The summed E-state index contributed by atoms with van der Waals surface area (Å²) >= 11 is 0. The van der Waals surface area contributed by atoms with Crippen LogP contribution in [-0.2, 0) is 26.4 Å². The molecule has 3 aromatic heterocycles. The number of fused-ring (bicyclic) bond motifs is 1. The molecule has 0 aliphatic rings. The van der Waals surface area contributed by atoms with Gasteiger partial charge in [-0.2, -0.15) is 5.10 Å². The fraction of sp³-hybridized carbons (Fsp3) is 0.273. The van der Waals surface area contributed by atoms with Crippen molar-refractivity contribution >= 4 is 10.9 Å². The Bertz CT molecular complexity index is 1030. The van der Waals surface area contributed by atoms with E-state index in [0.29, 0.717) is 0 Å². The molecule has 0 atom stereocenters. The van der Waals surface area contributed by atoms with Crippen LogP contribution < -0.4 is 5.32 Å². The fourth-order valence-corrected chi connectivity index (χ4v) is 3.64. The number of hydrogen-bond acceptors (Lipinski definition) is 3. The van der Waals surface area contributed by atoms with E-state index in [1.54, 1.807) is 0 Å². The van der Waals surface area contributed by atoms with E-state index in [4.69, 9.17) is 0 Å². The van der Waals surface area contributed by atoms with E-state index in [0.717, 1.165) is 37.2 Å². The van der Waals surface area contributed by atoms with Crippen LogP contribution in [0, 0.1) is 0 Å². The first-order chi connectivity index (χ1) is 13.3. The third-order valence-electron chi connectivity index (χ3n) is 5.01. The number of aromatic amines is 1. The molecular weight excluding hydrogens is 334 g/mol. The van der Waals surface area contributed by atoms with Gasteiger partial charge in [0.05, 0.1) is 5.69 Å². The van der Waals surface area contributed by atoms with Crippen LogP contribution in [0.25, 0.3) is 22.2 Å². The summed E-state index contributed by atoms with van der Waals surface area (Å²) in [4.78, 5) is 7.55. The highest BCUT2D eigenvalue weighted by Crippen LogP contribution is 2.23. The maximum atomic E-state index is 4.61. The summed E-state index contributed by atoms with van der Waals surface area (Å²) in [6.07, 6.45) is 9.90. The van der Waals surface area contributed by atoms with Gasteiger partial charge < -0.3 is 10.3 Å². The van der Waals surface area contributed by atoms with Crippen molar-refractivity contribution in [2.75, 3.05) is 6.54 Å². The largest absolute Gasteiger partial charge is 0.361 e. The summed E-state index contributed by atoms with van der Waals surface area (Å²) in [5.74, 6) is 0. The van der Waals surface area contributed by atoms with E-state index in [9.17, 15) is 0 Å². The maximum Gasteiger partial charge on any atom is 0.0969 e. The molecule has 0 unspecified atom stereocenters. The molecule has 0 fully saturated rings. The normalized spacial score (nSPS) is 11.3. The van der Waals surface area contributed by atoms with Gasteiger partial charge in [-0.25, -0.2) is 0 Å². The van der Waals surface area contributed by atoms with Crippen LogP contribution in [0.2, 0.25) is 0 Å². The summed E-state index contributed by atoms with van der Waals surface area (Å²) in [6.45, 7) is 3.92. The number of H-pyrrole nitrogens is 1. The number of nitrogens with one attached hydrogen (secondary N) is 2. The van der Waals surface area contributed by atoms with Crippen molar-refractivity contribution in [3.63, 3.8) is 0 Å². The zero-order valence-electron chi connectivity index (χ0n) is 15.9. The SMILES string of the molecule is CCc1cccc2c(CCNCc3cn(C)nc3-c3ccncc3)c[nH]c12. The molecule has 138 valence electrons. The molecular formula is C22H25N5. The Balaban J connectivity index is 1.42. The van der Waals surface area contributed by atoms with Crippen molar-refractivity contribution in [2.24, 2.45) is 7.05 Å². The van der Waals surface area contributed by atoms with Gasteiger partial charge in [0.15, 0.2) is 0 Å². The quantitative estimate of drug-likeness (QED) is 0.493. The minimum absolute atomic E-state index is 0.800. The number of hydrogen-bond donors (Lipinski definition) is 2. The fourth-order valence-electron chi connectivity index (χ4n) is 3.64. The molecule has 0 spiro atoms. The topological polar surface area (TPSA) is 58.5 Å². The molecule has 0 aliphatic carbocycles. The molecule has 27 heavy (non-hydrogen) atoms. The number of pyridine rings is 1. The first-order valence-corrected chi connectivity index (χ1v) is 9.47. The number of nitrogens with zero attached hydrogens (tertiary/aromatic N) is 3. The van der Waals surface area contributed by atoms with E-state index in [1.165, 1.54) is 27.6 Å². The van der Waals surface area contributed by atoms with E-state index in [2.05, 4.69) is 57.9 Å². The van der Waals surface area contributed by atoms with Crippen molar-refractivity contribution in [2.45, 2.75) is 26.3 Å². The first-order valence-electron chi connectivity index (χ1n) is 9.47. The number of aryl methyl sites for hydroxylation is 2. The first kappa shape index (κ1) is 17.5. The van der Waals surface area contributed by atoms with Crippen molar-refractivity contribution < 1.29 is 0 Å². The summed E-state index contributed by atoms with van der Waals surface area (Å²) in [5, 5.41) is 9.53. The Kier molecular flexibility index (Phi) is 5.03. The second-order valence-electron chi connectivity index (χ2n) is 6.85. The van der Waals surface area contributed by atoms with Gasteiger partial charge >= 0.3 is 0 Å². The van der Waals surface area contributed by atoms with Gasteiger partial charge in [-0.05, 0) is 42.6 Å². The van der Waals surface area contributed by atoms with Crippen molar-refractivity contribution in [3.8, 4) is 11.3 Å². The molecule has 5 heteroatoms. The molecule has 4 rings (SSSR count). The van der Waals surface area contributed by atoms with Crippen LogP contribution in [0.5, 0.6) is 0 Å². The second kappa shape index (κ2) is 7.76. The molecule has 2 N–H and O–H groups in total. The molecule has 3 heterocycles. The molecule has 4 aromatic rings. The Labute approximate surface area is 159 Å². The smallest absolute Gasteiger partial charge is 0.0969 e. The van der Waals surface area contributed by atoms with Gasteiger partial charge in [-0.3, -0.25) is 9.67 Å². The van der Waals surface area contributed by atoms with Crippen LogP contribution in [0.1, 0.15) is 23.6 Å². The third kappa shape index (κ3) is 3.64. The summed E-state index contributed by atoms with van der Waals surface area (Å²) in [6, 6.07) is 10.6. The van der Waals surface area contributed by atoms with Gasteiger partial charge in [-0.1, -0.05) is 25.1 Å². The van der Waals surface area contributed by atoms with Crippen molar-refractivity contribution in [1.82, 2.24) is 25.1 Å². The van der Waals surface area contributed by atoms with E-state index >= 15 is 0 Å². The molecule has 0 radical (unpaired) electrons. The number of aromatic nitrogens is 4. The lowest BCUT2D eigenvalue weighted by Gasteiger charge is -2.06. The van der Waals surface area contributed by atoms with Crippen molar-refractivity contribution in [1.29, 1.82) is 0 Å². The summed E-state index contributed by atoms with van der Waals surface area (Å²) in [7, 11) is 1.96. The number of rotatable bonds is 7. The molecule has 0 saturated carbocycles. The number of para-hydroxylation sites is 1. The lowest BCUT2D eigenvalue weighted by Crippen LogP contribution is -2.16. The van der Waals surface area contributed by atoms with Gasteiger partial charge in [0.1, 0.15) is 0 Å². The predicted molar refractivity (Wildman–Crippen MR) is 110 cm³/mol. The Hall–Kier alpha value is -2.92. The lowest BCUT2D eigenvalue weighted by molar-refractivity contribution is 0.687. The monoisotopic (exact) mass is 359 g/mol. The highest BCUT2D eigenvalue weighted by Gasteiger charge is 2.10. The summed E-state index contributed by atoms with van der Waals surface area (Å²) < 4.78 is 1.87. The molecule has 0 saturated heterocycles. The minimum Gasteiger partial charge on any atom is -0.361 e. The predicted octanol–water partition coefficient (Wildman–Crippen LogP) is 3.86. The lowest BCUT2D eigenvalue weighted by atomic mass is 10.1. The van der Waals surface area contributed by atoms with Gasteiger partial charge in [0.2, 0.25) is 0 Å². The molecule has 5 nitrogen and oxygen atoms in total. The molecule has 0 amide bonds. The van der Waals surface area contributed by atoms with E-state index in [1.807, 2.05) is 36.3 Å².